The molecule has 0 saturated heterocycles. The van der Waals surface area contributed by atoms with Crippen molar-refractivity contribution in [2.24, 2.45) is 0 Å². The lowest BCUT2D eigenvalue weighted by molar-refractivity contribution is -0.137. The largest absolute Gasteiger partial charge is 0.416 e. The molecule has 0 aliphatic rings. The van der Waals surface area contributed by atoms with Gasteiger partial charge in [0.15, 0.2) is 0 Å². The van der Waals surface area contributed by atoms with Gasteiger partial charge in [0.25, 0.3) is 0 Å². The first-order chi connectivity index (χ1) is 9.43. The standard InChI is InChI=1S/C15H12F3NS/c1-10-8-13-14(20-10)6-7-19(13)9-11-2-4-12(5-3-11)15(16,17)18/h2-8H,9H2,1H3. The molecule has 0 amide bonds. The highest BCUT2D eigenvalue weighted by Gasteiger charge is 2.29. The second-order valence-electron chi connectivity index (χ2n) is 4.74. The molecule has 0 aliphatic heterocycles. The summed E-state index contributed by atoms with van der Waals surface area (Å²) in [6.07, 6.45) is -2.30. The summed E-state index contributed by atoms with van der Waals surface area (Å²) in [5, 5.41) is 0. The lowest BCUT2D eigenvalue weighted by atomic mass is 10.1. The number of fused-ring (bicyclic) bond motifs is 1. The van der Waals surface area contributed by atoms with E-state index < -0.39 is 11.7 Å². The molecule has 1 aromatic carbocycles. The van der Waals surface area contributed by atoms with Gasteiger partial charge in [-0.25, -0.2) is 0 Å². The molecule has 0 bridgehead atoms. The van der Waals surface area contributed by atoms with Crippen LogP contribution in [0.1, 0.15) is 16.0 Å². The Labute approximate surface area is 118 Å². The quantitative estimate of drug-likeness (QED) is 0.621. The molecular formula is C15H12F3NS. The van der Waals surface area contributed by atoms with Crippen molar-refractivity contribution in [1.29, 1.82) is 0 Å². The van der Waals surface area contributed by atoms with Crippen molar-refractivity contribution in [1.82, 2.24) is 4.57 Å². The van der Waals surface area contributed by atoms with Gasteiger partial charge in [-0.05, 0) is 36.8 Å². The Morgan fingerprint density at radius 2 is 1.80 bits per heavy atom. The average Bonchev–Trinajstić information content (AvgIpc) is 2.90. The number of halogens is 3. The summed E-state index contributed by atoms with van der Waals surface area (Å²) in [6.45, 7) is 2.63. The fourth-order valence-electron chi connectivity index (χ4n) is 2.23. The van der Waals surface area contributed by atoms with Crippen molar-refractivity contribution in [2.75, 3.05) is 0 Å². The van der Waals surface area contributed by atoms with E-state index in [0.717, 1.165) is 23.2 Å². The molecule has 2 heterocycles. The van der Waals surface area contributed by atoms with Crippen LogP contribution in [0, 0.1) is 6.92 Å². The molecule has 0 atom stereocenters. The molecule has 104 valence electrons. The topological polar surface area (TPSA) is 4.93 Å². The van der Waals surface area contributed by atoms with E-state index >= 15 is 0 Å². The molecule has 3 aromatic rings. The summed E-state index contributed by atoms with van der Waals surface area (Å²) in [4.78, 5) is 1.23. The summed E-state index contributed by atoms with van der Waals surface area (Å²) in [5.74, 6) is 0. The normalized spacial score (nSPS) is 12.2. The van der Waals surface area contributed by atoms with Crippen LogP contribution in [0.25, 0.3) is 10.2 Å². The first kappa shape index (κ1) is 13.2. The van der Waals surface area contributed by atoms with E-state index in [-0.39, 0.29) is 0 Å². The SMILES string of the molecule is Cc1cc2c(ccn2Cc2ccc(C(F)(F)F)cc2)s1. The monoisotopic (exact) mass is 295 g/mol. The molecule has 0 N–H and O–H groups in total. The summed E-state index contributed by atoms with van der Waals surface area (Å²) in [7, 11) is 0. The number of nitrogens with zero attached hydrogens (tertiary/aromatic N) is 1. The highest BCUT2D eigenvalue weighted by molar-refractivity contribution is 7.18. The van der Waals surface area contributed by atoms with E-state index in [1.165, 1.54) is 21.7 Å². The summed E-state index contributed by atoms with van der Waals surface area (Å²) in [6, 6.07) is 9.48. The maximum atomic E-state index is 12.5. The smallest absolute Gasteiger partial charge is 0.342 e. The number of alkyl halides is 3. The van der Waals surface area contributed by atoms with E-state index in [1.54, 1.807) is 11.3 Å². The minimum absolute atomic E-state index is 0.581. The van der Waals surface area contributed by atoms with Crippen LogP contribution in [-0.2, 0) is 12.7 Å². The van der Waals surface area contributed by atoms with Crippen molar-refractivity contribution in [2.45, 2.75) is 19.6 Å². The Kier molecular flexibility index (Phi) is 3.09. The van der Waals surface area contributed by atoms with E-state index in [1.807, 2.05) is 19.2 Å². The van der Waals surface area contributed by atoms with Crippen LogP contribution in [0.5, 0.6) is 0 Å². The fraction of sp³-hybridized carbons (Fsp3) is 0.200. The van der Waals surface area contributed by atoms with Gasteiger partial charge >= 0.3 is 6.18 Å². The number of hydrogen-bond acceptors (Lipinski definition) is 1. The molecule has 20 heavy (non-hydrogen) atoms. The molecule has 1 nitrogen and oxygen atoms in total. The van der Waals surface area contributed by atoms with E-state index in [4.69, 9.17) is 0 Å². The van der Waals surface area contributed by atoms with Gasteiger partial charge in [0.1, 0.15) is 0 Å². The number of aromatic nitrogens is 1. The molecule has 0 unspecified atom stereocenters. The van der Waals surface area contributed by atoms with Crippen molar-refractivity contribution in [3.8, 4) is 0 Å². The van der Waals surface area contributed by atoms with Gasteiger partial charge in [0, 0.05) is 17.6 Å². The Morgan fingerprint density at radius 1 is 1.10 bits per heavy atom. The van der Waals surface area contributed by atoms with Gasteiger partial charge in [-0.15, -0.1) is 11.3 Å². The third kappa shape index (κ3) is 2.45. The molecule has 2 aromatic heterocycles. The van der Waals surface area contributed by atoms with Gasteiger partial charge in [-0.1, -0.05) is 12.1 Å². The lowest BCUT2D eigenvalue weighted by Crippen LogP contribution is -2.05. The van der Waals surface area contributed by atoms with Crippen molar-refractivity contribution in [3.05, 3.63) is 58.6 Å². The van der Waals surface area contributed by atoms with Crippen molar-refractivity contribution < 1.29 is 13.2 Å². The van der Waals surface area contributed by atoms with Crippen LogP contribution in [0.4, 0.5) is 13.2 Å². The lowest BCUT2D eigenvalue weighted by Gasteiger charge is -2.08. The molecule has 3 rings (SSSR count). The maximum Gasteiger partial charge on any atom is 0.416 e. The first-order valence-corrected chi connectivity index (χ1v) is 6.96. The molecule has 0 radical (unpaired) electrons. The predicted molar refractivity (Wildman–Crippen MR) is 75.1 cm³/mol. The number of thiophene rings is 1. The zero-order valence-electron chi connectivity index (χ0n) is 10.7. The number of benzene rings is 1. The average molecular weight is 295 g/mol. The summed E-state index contributed by atoms with van der Waals surface area (Å²) < 4.78 is 40.8. The van der Waals surface area contributed by atoms with Gasteiger partial charge in [-0.2, -0.15) is 13.2 Å². The minimum Gasteiger partial charge on any atom is -0.342 e. The van der Waals surface area contributed by atoms with Gasteiger partial charge in [0.2, 0.25) is 0 Å². The molecule has 0 saturated carbocycles. The Hall–Kier alpha value is -1.75. The van der Waals surface area contributed by atoms with Crippen LogP contribution in [0.3, 0.4) is 0 Å². The highest BCUT2D eigenvalue weighted by atomic mass is 32.1. The Bertz CT molecular complexity index is 735. The second-order valence-corrected chi connectivity index (χ2v) is 6.03. The fourth-order valence-corrected chi connectivity index (χ4v) is 3.16. The highest BCUT2D eigenvalue weighted by Crippen LogP contribution is 2.30. The molecule has 0 fully saturated rings. The Morgan fingerprint density at radius 3 is 2.45 bits per heavy atom. The number of rotatable bonds is 2. The van der Waals surface area contributed by atoms with Crippen LogP contribution < -0.4 is 0 Å². The minimum atomic E-state index is -4.27. The predicted octanol–water partition coefficient (Wildman–Crippen LogP) is 5.08. The second kappa shape index (κ2) is 4.66. The van der Waals surface area contributed by atoms with Crippen LogP contribution >= 0.6 is 11.3 Å². The zero-order valence-corrected chi connectivity index (χ0v) is 11.6. The van der Waals surface area contributed by atoms with Crippen LogP contribution in [0.15, 0.2) is 42.6 Å². The zero-order chi connectivity index (χ0) is 14.3. The molecule has 0 spiro atoms. The number of aryl methyl sites for hydroxylation is 1. The van der Waals surface area contributed by atoms with Crippen molar-refractivity contribution in [3.63, 3.8) is 0 Å². The van der Waals surface area contributed by atoms with Crippen molar-refractivity contribution >= 4 is 21.6 Å². The van der Waals surface area contributed by atoms with Gasteiger partial charge in [-0.3, -0.25) is 0 Å². The van der Waals surface area contributed by atoms with E-state index in [0.29, 0.717) is 6.54 Å². The molecule has 5 heteroatoms. The van der Waals surface area contributed by atoms with Crippen LogP contribution in [-0.4, -0.2) is 4.57 Å². The molecular weight excluding hydrogens is 283 g/mol. The summed E-state index contributed by atoms with van der Waals surface area (Å²) in [5.41, 5.74) is 1.39. The maximum absolute atomic E-state index is 12.5. The third-order valence-corrected chi connectivity index (χ3v) is 4.22. The van der Waals surface area contributed by atoms with Crippen LogP contribution in [0.2, 0.25) is 0 Å². The Balaban J connectivity index is 1.87. The van der Waals surface area contributed by atoms with E-state index in [2.05, 4.69) is 10.6 Å². The number of hydrogen-bond donors (Lipinski definition) is 0. The van der Waals surface area contributed by atoms with Gasteiger partial charge in [0.05, 0.1) is 15.8 Å². The first-order valence-electron chi connectivity index (χ1n) is 6.15. The molecule has 0 aliphatic carbocycles. The summed E-state index contributed by atoms with van der Waals surface area (Å²) >= 11 is 1.72. The van der Waals surface area contributed by atoms with E-state index in [9.17, 15) is 13.2 Å². The third-order valence-electron chi connectivity index (χ3n) is 3.21. The van der Waals surface area contributed by atoms with Gasteiger partial charge < -0.3 is 4.57 Å².